The van der Waals surface area contributed by atoms with Gasteiger partial charge in [0, 0.05) is 5.69 Å². The first-order valence-electron chi connectivity index (χ1n) is 6.90. The van der Waals surface area contributed by atoms with E-state index in [4.69, 9.17) is 0 Å². The van der Waals surface area contributed by atoms with Crippen molar-refractivity contribution in [2.45, 2.75) is 26.2 Å². The van der Waals surface area contributed by atoms with Crippen LogP contribution in [0.4, 0.5) is 23.2 Å². The quantitative estimate of drug-likeness (QED) is 0.814. The standard InChI is InChI=1S/C17H15F4NO/c1-11-2-4-15(5-3-11)22-16(23)9-12-6-13(10-18)8-14(7-12)17(19,20)21/h2-8H,9-10H2,1H3,(H,22,23). The maximum atomic E-state index is 12.8. The number of hydrogen-bond donors (Lipinski definition) is 1. The Balaban J connectivity index is 2.15. The molecular formula is C17H15F4NO. The van der Waals surface area contributed by atoms with E-state index >= 15 is 0 Å². The Morgan fingerprint density at radius 1 is 1.04 bits per heavy atom. The molecule has 6 heteroatoms. The zero-order valence-corrected chi connectivity index (χ0v) is 12.4. The van der Waals surface area contributed by atoms with Crippen LogP contribution in [0.25, 0.3) is 0 Å². The number of nitrogens with one attached hydrogen (secondary N) is 1. The molecule has 0 heterocycles. The van der Waals surface area contributed by atoms with Gasteiger partial charge in [0.25, 0.3) is 0 Å². The van der Waals surface area contributed by atoms with Crippen molar-refractivity contribution < 1.29 is 22.4 Å². The second-order valence-corrected chi connectivity index (χ2v) is 5.26. The van der Waals surface area contributed by atoms with Crippen LogP contribution >= 0.6 is 0 Å². The monoisotopic (exact) mass is 325 g/mol. The number of amides is 1. The molecule has 23 heavy (non-hydrogen) atoms. The summed E-state index contributed by atoms with van der Waals surface area (Å²) in [6.07, 6.45) is -4.84. The summed E-state index contributed by atoms with van der Waals surface area (Å²) in [4.78, 5) is 11.9. The van der Waals surface area contributed by atoms with Crippen LogP contribution in [0.3, 0.4) is 0 Å². The molecule has 2 aromatic rings. The average Bonchev–Trinajstić information content (AvgIpc) is 2.48. The van der Waals surface area contributed by atoms with Gasteiger partial charge in [0.15, 0.2) is 0 Å². The first-order chi connectivity index (χ1) is 10.8. The Bertz CT molecular complexity index is 693. The molecule has 2 nitrogen and oxygen atoms in total. The molecule has 0 unspecified atom stereocenters. The minimum absolute atomic E-state index is 0.0991. The Labute approximate surface area is 131 Å². The third-order valence-electron chi connectivity index (χ3n) is 3.23. The van der Waals surface area contributed by atoms with Gasteiger partial charge in [-0.05, 0) is 42.3 Å². The van der Waals surface area contributed by atoms with Gasteiger partial charge in [-0.15, -0.1) is 0 Å². The number of hydrogen-bond acceptors (Lipinski definition) is 1. The second kappa shape index (κ2) is 6.81. The first-order valence-corrected chi connectivity index (χ1v) is 6.90. The molecule has 2 rings (SSSR count). The van der Waals surface area contributed by atoms with Crippen molar-refractivity contribution in [1.82, 2.24) is 0 Å². The molecule has 1 N–H and O–H groups in total. The number of carbonyl (C=O) groups excluding carboxylic acids is 1. The molecule has 0 bridgehead atoms. The van der Waals surface area contributed by atoms with Gasteiger partial charge >= 0.3 is 6.18 Å². The minimum Gasteiger partial charge on any atom is -0.326 e. The molecule has 0 spiro atoms. The van der Waals surface area contributed by atoms with Crippen LogP contribution in [0, 0.1) is 6.92 Å². The third kappa shape index (κ3) is 4.81. The first kappa shape index (κ1) is 17.0. The average molecular weight is 325 g/mol. The summed E-state index contributed by atoms with van der Waals surface area (Å²) in [5, 5.41) is 2.60. The molecule has 2 aromatic carbocycles. The van der Waals surface area contributed by atoms with Crippen LogP contribution in [-0.2, 0) is 24.1 Å². The summed E-state index contributed by atoms with van der Waals surface area (Å²) in [6.45, 7) is 0.878. The SMILES string of the molecule is Cc1ccc(NC(=O)Cc2cc(CF)cc(C(F)(F)F)c2)cc1. The lowest BCUT2D eigenvalue weighted by molar-refractivity contribution is -0.137. The summed E-state index contributed by atoms with van der Waals surface area (Å²) in [6, 6.07) is 9.90. The molecule has 0 aliphatic carbocycles. The number of anilines is 1. The second-order valence-electron chi connectivity index (χ2n) is 5.26. The van der Waals surface area contributed by atoms with Crippen molar-refractivity contribution in [2.75, 3.05) is 5.32 Å². The smallest absolute Gasteiger partial charge is 0.326 e. The van der Waals surface area contributed by atoms with Gasteiger partial charge in [-0.25, -0.2) is 4.39 Å². The third-order valence-corrected chi connectivity index (χ3v) is 3.23. The van der Waals surface area contributed by atoms with Crippen molar-refractivity contribution in [3.05, 3.63) is 64.7 Å². The van der Waals surface area contributed by atoms with Gasteiger partial charge in [0.2, 0.25) is 5.91 Å². The highest BCUT2D eigenvalue weighted by atomic mass is 19.4. The van der Waals surface area contributed by atoms with Gasteiger partial charge < -0.3 is 5.32 Å². The fraction of sp³-hybridized carbons (Fsp3) is 0.235. The van der Waals surface area contributed by atoms with Crippen molar-refractivity contribution in [2.24, 2.45) is 0 Å². The van der Waals surface area contributed by atoms with E-state index in [1.807, 2.05) is 6.92 Å². The molecule has 0 fully saturated rings. The lowest BCUT2D eigenvalue weighted by Crippen LogP contribution is -2.15. The molecule has 0 aliphatic heterocycles. The van der Waals surface area contributed by atoms with Crippen LogP contribution in [0.2, 0.25) is 0 Å². The highest BCUT2D eigenvalue weighted by molar-refractivity contribution is 5.92. The fourth-order valence-corrected chi connectivity index (χ4v) is 2.13. The van der Waals surface area contributed by atoms with E-state index < -0.39 is 24.3 Å². The molecule has 122 valence electrons. The van der Waals surface area contributed by atoms with E-state index in [0.29, 0.717) is 5.69 Å². The molecule has 0 saturated heterocycles. The van der Waals surface area contributed by atoms with Gasteiger partial charge in [0.05, 0.1) is 12.0 Å². The van der Waals surface area contributed by atoms with Gasteiger partial charge in [0.1, 0.15) is 6.67 Å². The topological polar surface area (TPSA) is 29.1 Å². The summed E-state index contributed by atoms with van der Waals surface area (Å²) in [5.74, 6) is -0.460. The Kier molecular flexibility index (Phi) is 5.03. The van der Waals surface area contributed by atoms with E-state index in [2.05, 4.69) is 5.32 Å². The van der Waals surface area contributed by atoms with E-state index in [9.17, 15) is 22.4 Å². The lowest BCUT2D eigenvalue weighted by Gasteiger charge is -2.11. The summed E-state index contributed by atoms with van der Waals surface area (Å²) in [5.41, 5.74) is 0.646. The highest BCUT2D eigenvalue weighted by Crippen LogP contribution is 2.31. The summed E-state index contributed by atoms with van der Waals surface area (Å²) >= 11 is 0. The van der Waals surface area contributed by atoms with E-state index in [0.717, 1.165) is 17.7 Å². The fourth-order valence-electron chi connectivity index (χ4n) is 2.13. The number of aryl methyl sites for hydroxylation is 1. The molecule has 1 amide bonds. The number of rotatable bonds is 4. The predicted molar refractivity (Wildman–Crippen MR) is 79.8 cm³/mol. The van der Waals surface area contributed by atoms with Gasteiger partial charge in [-0.2, -0.15) is 13.2 Å². The van der Waals surface area contributed by atoms with Gasteiger partial charge in [-0.1, -0.05) is 23.8 Å². The molecular weight excluding hydrogens is 310 g/mol. The van der Waals surface area contributed by atoms with Crippen LogP contribution in [0.5, 0.6) is 0 Å². The molecule has 0 saturated carbocycles. The maximum absolute atomic E-state index is 12.8. The lowest BCUT2D eigenvalue weighted by atomic mass is 10.0. The molecule has 0 atom stereocenters. The molecule has 0 aliphatic rings. The Hall–Kier alpha value is -2.37. The maximum Gasteiger partial charge on any atom is 0.416 e. The number of carbonyl (C=O) groups is 1. The summed E-state index contributed by atoms with van der Waals surface area (Å²) in [7, 11) is 0. The van der Waals surface area contributed by atoms with E-state index in [1.165, 1.54) is 6.07 Å². The predicted octanol–water partition coefficient (Wildman–Crippen LogP) is 4.66. The Morgan fingerprint density at radius 3 is 2.22 bits per heavy atom. The van der Waals surface area contributed by atoms with Crippen LogP contribution in [-0.4, -0.2) is 5.91 Å². The van der Waals surface area contributed by atoms with Crippen molar-refractivity contribution >= 4 is 11.6 Å². The molecule has 0 radical (unpaired) electrons. The zero-order chi connectivity index (χ0) is 17.0. The number of benzene rings is 2. The van der Waals surface area contributed by atoms with Crippen molar-refractivity contribution in [1.29, 1.82) is 0 Å². The normalized spacial score (nSPS) is 11.3. The van der Waals surface area contributed by atoms with Gasteiger partial charge in [-0.3, -0.25) is 4.79 Å². The van der Waals surface area contributed by atoms with Crippen molar-refractivity contribution in [3.63, 3.8) is 0 Å². The van der Waals surface area contributed by atoms with Crippen LogP contribution < -0.4 is 5.32 Å². The summed E-state index contributed by atoms with van der Waals surface area (Å²) < 4.78 is 51.1. The largest absolute Gasteiger partial charge is 0.416 e. The molecule has 0 aromatic heterocycles. The van der Waals surface area contributed by atoms with E-state index in [1.54, 1.807) is 24.3 Å². The highest BCUT2D eigenvalue weighted by Gasteiger charge is 2.31. The number of halogens is 4. The van der Waals surface area contributed by atoms with E-state index in [-0.39, 0.29) is 17.5 Å². The number of alkyl halides is 4. The van der Waals surface area contributed by atoms with Crippen LogP contribution in [0.1, 0.15) is 22.3 Å². The Morgan fingerprint density at radius 2 is 1.65 bits per heavy atom. The van der Waals surface area contributed by atoms with Crippen molar-refractivity contribution in [3.8, 4) is 0 Å². The van der Waals surface area contributed by atoms with Crippen LogP contribution in [0.15, 0.2) is 42.5 Å². The zero-order valence-electron chi connectivity index (χ0n) is 12.4. The minimum atomic E-state index is -4.58.